The van der Waals surface area contributed by atoms with Gasteiger partial charge in [-0.3, -0.25) is 4.79 Å². The van der Waals surface area contributed by atoms with Crippen LogP contribution in [-0.2, 0) is 4.79 Å². The van der Waals surface area contributed by atoms with E-state index in [2.05, 4.69) is 39.8 Å². The highest BCUT2D eigenvalue weighted by atomic mass is 32.2. The van der Waals surface area contributed by atoms with E-state index in [-0.39, 0.29) is 11.7 Å². The Morgan fingerprint density at radius 3 is 2.61 bits per heavy atom. The van der Waals surface area contributed by atoms with E-state index in [0.29, 0.717) is 0 Å². The third-order valence-corrected chi connectivity index (χ3v) is 5.51. The predicted molar refractivity (Wildman–Crippen MR) is 116 cm³/mol. The minimum atomic E-state index is -0.0613. The van der Waals surface area contributed by atoms with Crippen molar-refractivity contribution in [3.63, 3.8) is 0 Å². The summed E-state index contributed by atoms with van der Waals surface area (Å²) in [4.78, 5) is 12.4. The Morgan fingerprint density at radius 2 is 1.71 bits per heavy atom. The fourth-order valence-corrected chi connectivity index (χ4v) is 3.90. The van der Waals surface area contributed by atoms with Gasteiger partial charge in [-0.05, 0) is 41.0 Å². The van der Waals surface area contributed by atoms with Gasteiger partial charge in [0, 0.05) is 11.3 Å². The minimum absolute atomic E-state index is 0.0613. The fourth-order valence-electron chi connectivity index (χ4n) is 3.12. The van der Waals surface area contributed by atoms with Gasteiger partial charge in [-0.1, -0.05) is 72.4 Å². The third-order valence-electron chi connectivity index (χ3n) is 4.53. The van der Waals surface area contributed by atoms with Gasteiger partial charge in [0.25, 0.3) is 0 Å². The zero-order valence-electron chi connectivity index (χ0n) is 15.4. The number of aryl methyl sites for hydroxylation is 1. The van der Waals surface area contributed by atoms with Gasteiger partial charge in [-0.25, -0.2) is 0 Å². The summed E-state index contributed by atoms with van der Waals surface area (Å²) in [6.45, 7) is 1.98. The first kappa shape index (κ1) is 18.2. The van der Waals surface area contributed by atoms with E-state index in [9.17, 15) is 4.79 Å². The van der Waals surface area contributed by atoms with Crippen molar-refractivity contribution in [2.75, 3.05) is 11.1 Å². The number of anilines is 1. The molecule has 0 atom stereocenters. The number of benzene rings is 3. The molecular weight excluding hydrogens is 366 g/mol. The Hall–Kier alpha value is -3.18. The third kappa shape index (κ3) is 3.89. The number of amides is 1. The molecule has 138 valence electrons. The van der Waals surface area contributed by atoms with Crippen molar-refractivity contribution < 1.29 is 4.79 Å². The van der Waals surface area contributed by atoms with Crippen LogP contribution in [0.3, 0.4) is 0 Å². The summed E-state index contributed by atoms with van der Waals surface area (Å²) in [7, 11) is 0. The number of hydrogen-bond acceptors (Lipinski definition) is 4. The molecule has 0 unspecified atom stereocenters. The van der Waals surface area contributed by atoms with Crippen LogP contribution in [0, 0.1) is 6.92 Å². The van der Waals surface area contributed by atoms with Gasteiger partial charge in [-0.15, -0.1) is 5.10 Å². The quantitative estimate of drug-likeness (QED) is 0.471. The van der Waals surface area contributed by atoms with Crippen molar-refractivity contribution in [3.8, 4) is 11.1 Å². The molecule has 0 aliphatic heterocycles. The van der Waals surface area contributed by atoms with Crippen LogP contribution in [0.1, 0.15) is 5.56 Å². The Balaban J connectivity index is 1.57. The first-order valence-corrected chi connectivity index (χ1v) is 9.99. The van der Waals surface area contributed by atoms with Gasteiger partial charge in [-0.2, -0.15) is 5.10 Å². The lowest BCUT2D eigenvalue weighted by Crippen LogP contribution is -2.15. The fraction of sp³-hybridized carbons (Fsp3) is 0.0870. The van der Waals surface area contributed by atoms with Gasteiger partial charge >= 0.3 is 0 Å². The summed E-state index contributed by atoms with van der Waals surface area (Å²) in [5, 5.41) is 14.4. The summed E-state index contributed by atoms with van der Waals surface area (Å²) in [5.41, 5.74) is 3.95. The second kappa shape index (κ2) is 8.23. The SMILES string of the molecule is Cc1ccccc1NC(=O)CSc1nnccc1-c1cccc2ccccc12. The van der Waals surface area contributed by atoms with Crippen molar-refractivity contribution in [2.45, 2.75) is 11.9 Å². The van der Waals surface area contributed by atoms with Crippen molar-refractivity contribution in [1.82, 2.24) is 10.2 Å². The number of para-hydroxylation sites is 1. The van der Waals surface area contributed by atoms with E-state index in [1.165, 1.54) is 17.1 Å². The highest BCUT2D eigenvalue weighted by molar-refractivity contribution is 8.00. The number of nitrogens with one attached hydrogen (secondary N) is 1. The average Bonchev–Trinajstić information content (AvgIpc) is 2.74. The van der Waals surface area contributed by atoms with E-state index in [4.69, 9.17) is 0 Å². The molecular formula is C23H19N3OS. The highest BCUT2D eigenvalue weighted by Gasteiger charge is 2.13. The van der Waals surface area contributed by atoms with Crippen LogP contribution >= 0.6 is 11.8 Å². The molecule has 1 heterocycles. The lowest BCUT2D eigenvalue weighted by atomic mass is 10.00. The number of rotatable bonds is 5. The van der Waals surface area contributed by atoms with Gasteiger partial charge in [0.05, 0.1) is 11.9 Å². The Bertz CT molecular complexity index is 1140. The van der Waals surface area contributed by atoms with Crippen LogP contribution in [-0.4, -0.2) is 21.9 Å². The highest BCUT2D eigenvalue weighted by Crippen LogP contribution is 2.34. The monoisotopic (exact) mass is 385 g/mol. The Labute approximate surface area is 168 Å². The standard InChI is InChI=1S/C23H19N3OS/c1-16-7-2-5-12-21(16)25-22(27)15-28-23-20(13-14-24-26-23)19-11-6-9-17-8-3-4-10-18(17)19/h2-14H,15H2,1H3,(H,25,27). The largest absolute Gasteiger partial charge is 0.325 e. The van der Waals surface area contributed by atoms with Crippen molar-refractivity contribution >= 4 is 34.1 Å². The minimum Gasteiger partial charge on any atom is -0.325 e. The summed E-state index contributed by atoms with van der Waals surface area (Å²) in [5.74, 6) is 0.207. The van der Waals surface area contributed by atoms with Gasteiger partial charge in [0.2, 0.25) is 5.91 Å². The number of carbonyl (C=O) groups excluding carboxylic acids is 1. The maximum Gasteiger partial charge on any atom is 0.234 e. The van der Waals surface area contributed by atoms with Gasteiger partial charge < -0.3 is 5.32 Å². The number of carbonyl (C=O) groups is 1. The topological polar surface area (TPSA) is 54.9 Å². The zero-order valence-corrected chi connectivity index (χ0v) is 16.2. The van der Waals surface area contributed by atoms with Crippen LogP contribution < -0.4 is 5.32 Å². The molecule has 0 saturated carbocycles. The van der Waals surface area contributed by atoms with Crippen LogP contribution in [0.5, 0.6) is 0 Å². The molecule has 1 aromatic heterocycles. The molecule has 0 fully saturated rings. The predicted octanol–water partition coefficient (Wildman–Crippen LogP) is 5.34. The van der Waals surface area contributed by atoms with Crippen LogP contribution in [0.15, 0.2) is 84.0 Å². The summed E-state index contributed by atoms with van der Waals surface area (Å²) in [6, 6.07) is 24.2. The molecule has 0 bridgehead atoms. The van der Waals surface area contributed by atoms with E-state index in [1.54, 1.807) is 6.20 Å². The average molecular weight is 385 g/mol. The lowest BCUT2D eigenvalue weighted by molar-refractivity contribution is -0.113. The molecule has 28 heavy (non-hydrogen) atoms. The second-order valence-electron chi connectivity index (χ2n) is 6.43. The number of aromatic nitrogens is 2. The molecule has 0 aliphatic carbocycles. The first-order chi connectivity index (χ1) is 13.7. The van der Waals surface area contributed by atoms with Gasteiger partial charge in [0.15, 0.2) is 0 Å². The lowest BCUT2D eigenvalue weighted by Gasteiger charge is -2.11. The first-order valence-electron chi connectivity index (χ1n) is 9.00. The molecule has 1 amide bonds. The molecule has 0 radical (unpaired) electrons. The van der Waals surface area contributed by atoms with E-state index >= 15 is 0 Å². The number of nitrogens with zero attached hydrogens (tertiary/aromatic N) is 2. The van der Waals surface area contributed by atoms with E-state index in [1.807, 2.05) is 55.5 Å². The van der Waals surface area contributed by atoms with Gasteiger partial charge in [0.1, 0.15) is 5.03 Å². The Kier molecular flexibility index (Phi) is 5.35. The molecule has 5 heteroatoms. The number of fused-ring (bicyclic) bond motifs is 1. The van der Waals surface area contributed by atoms with E-state index < -0.39 is 0 Å². The van der Waals surface area contributed by atoms with Crippen LogP contribution in [0.2, 0.25) is 0 Å². The van der Waals surface area contributed by atoms with Crippen molar-refractivity contribution in [3.05, 3.63) is 84.6 Å². The Morgan fingerprint density at radius 1 is 0.929 bits per heavy atom. The van der Waals surface area contributed by atoms with Crippen LogP contribution in [0.25, 0.3) is 21.9 Å². The summed E-state index contributed by atoms with van der Waals surface area (Å²) >= 11 is 1.40. The smallest absolute Gasteiger partial charge is 0.234 e. The second-order valence-corrected chi connectivity index (χ2v) is 7.39. The number of thioether (sulfide) groups is 1. The summed E-state index contributed by atoms with van der Waals surface area (Å²) in [6.07, 6.45) is 1.69. The molecule has 3 aromatic carbocycles. The molecule has 4 nitrogen and oxygen atoms in total. The molecule has 0 aliphatic rings. The molecule has 4 aromatic rings. The summed E-state index contributed by atoms with van der Waals surface area (Å²) < 4.78 is 0. The van der Waals surface area contributed by atoms with Crippen molar-refractivity contribution in [1.29, 1.82) is 0 Å². The molecule has 0 spiro atoms. The van der Waals surface area contributed by atoms with E-state index in [0.717, 1.165) is 32.8 Å². The maximum atomic E-state index is 12.4. The van der Waals surface area contributed by atoms with Crippen LogP contribution in [0.4, 0.5) is 5.69 Å². The van der Waals surface area contributed by atoms with Crippen molar-refractivity contribution in [2.24, 2.45) is 0 Å². The zero-order chi connectivity index (χ0) is 19.3. The molecule has 0 saturated heterocycles. The number of hydrogen-bond donors (Lipinski definition) is 1. The maximum absolute atomic E-state index is 12.4. The normalized spacial score (nSPS) is 10.8. The molecule has 1 N–H and O–H groups in total. The molecule has 4 rings (SSSR count).